The Morgan fingerprint density at radius 2 is 1.92 bits per heavy atom. The average Bonchev–Trinajstić information content (AvgIpc) is 3.47. The van der Waals surface area contributed by atoms with Crippen LogP contribution in [0.4, 0.5) is 0 Å². The first-order chi connectivity index (χ1) is 17.4. The number of ether oxygens (including phenoxy) is 2. The van der Waals surface area contributed by atoms with E-state index in [-0.39, 0.29) is 5.56 Å². The third-order valence-electron chi connectivity index (χ3n) is 5.87. The normalized spacial score (nSPS) is 15.4. The molecule has 1 atom stereocenters. The second-order valence-electron chi connectivity index (χ2n) is 8.06. The number of halogens is 1. The van der Waals surface area contributed by atoms with Crippen LogP contribution in [0.2, 0.25) is 5.02 Å². The van der Waals surface area contributed by atoms with Crippen LogP contribution in [0.1, 0.15) is 24.3 Å². The molecule has 0 N–H and O–H groups in total. The zero-order valence-corrected chi connectivity index (χ0v) is 21.2. The Morgan fingerprint density at radius 3 is 2.61 bits per heavy atom. The molecular formula is C27H21ClN2O5S. The number of furan rings is 1. The van der Waals surface area contributed by atoms with Gasteiger partial charge in [0.2, 0.25) is 0 Å². The van der Waals surface area contributed by atoms with Crippen molar-refractivity contribution in [3.05, 3.63) is 108 Å². The summed E-state index contributed by atoms with van der Waals surface area (Å²) in [6.45, 7) is 1.74. The quantitative estimate of drug-likeness (QED) is 0.366. The van der Waals surface area contributed by atoms with Gasteiger partial charge in [-0.3, -0.25) is 9.36 Å². The van der Waals surface area contributed by atoms with Gasteiger partial charge in [-0.05, 0) is 48.9 Å². The molecule has 9 heteroatoms. The largest absolute Gasteiger partial charge is 0.497 e. The number of esters is 1. The fraction of sp³-hybridized carbons (Fsp3) is 0.148. The molecule has 7 nitrogen and oxygen atoms in total. The maximum Gasteiger partial charge on any atom is 0.338 e. The van der Waals surface area contributed by atoms with E-state index in [1.54, 1.807) is 44.4 Å². The van der Waals surface area contributed by atoms with Crippen LogP contribution in [0, 0.1) is 0 Å². The molecule has 3 heterocycles. The van der Waals surface area contributed by atoms with Crippen LogP contribution in [0.3, 0.4) is 0 Å². The lowest BCUT2D eigenvalue weighted by atomic mass is 9.96. The summed E-state index contributed by atoms with van der Waals surface area (Å²) in [6, 6.07) is 17.5. The number of nitrogens with zero attached hydrogens (tertiary/aromatic N) is 2. The van der Waals surface area contributed by atoms with Gasteiger partial charge in [-0.25, -0.2) is 9.79 Å². The first kappa shape index (κ1) is 23.8. The molecule has 0 radical (unpaired) electrons. The maximum atomic E-state index is 13.6. The zero-order chi connectivity index (χ0) is 25.4. The Morgan fingerprint density at radius 1 is 1.14 bits per heavy atom. The first-order valence-corrected chi connectivity index (χ1v) is 12.2. The molecule has 0 spiro atoms. The fourth-order valence-corrected chi connectivity index (χ4v) is 5.37. The zero-order valence-electron chi connectivity index (χ0n) is 19.7. The van der Waals surface area contributed by atoms with Gasteiger partial charge in [0.25, 0.3) is 5.56 Å². The molecule has 0 bridgehead atoms. The van der Waals surface area contributed by atoms with E-state index >= 15 is 0 Å². The molecule has 4 aromatic rings. The van der Waals surface area contributed by atoms with Crippen LogP contribution >= 0.6 is 22.9 Å². The summed E-state index contributed by atoms with van der Waals surface area (Å²) < 4.78 is 18.2. The van der Waals surface area contributed by atoms with E-state index in [1.165, 1.54) is 23.0 Å². The van der Waals surface area contributed by atoms with Crippen molar-refractivity contribution in [1.29, 1.82) is 0 Å². The summed E-state index contributed by atoms with van der Waals surface area (Å²) in [6.07, 6.45) is 1.68. The molecule has 0 fully saturated rings. The van der Waals surface area contributed by atoms with Crippen LogP contribution < -0.4 is 19.6 Å². The molecule has 182 valence electrons. The van der Waals surface area contributed by atoms with Gasteiger partial charge in [-0.1, -0.05) is 47.2 Å². The number of thiazole rings is 1. The number of aromatic nitrogens is 1. The Bertz CT molecular complexity index is 1680. The van der Waals surface area contributed by atoms with Gasteiger partial charge in [0.05, 0.1) is 36.1 Å². The Labute approximate surface area is 215 Å². The topological polar surface area (TPSA) is 83.0 Å². The molecular weight excluding hydrogens is 500 g/mol. The van der Waals surface area contributed by atoms with Gasteiger partial charge in [-0.2, -0.15) is 0 Å². The number of carbonyl (C=O) groups is 1. The van der Waals surface area contributed by atoms with Gasteiger partial charge >= 0.3 is 5.97 Å². The Balaban J connectivity index is 1.64. The van der Waals surface area contributed by atoms with E-state index in [2.05, 4.69) is 4.99 Å². The highest BCUT2D eigenvalue weighted by Gasteiger charge is 2.33. The van der Waals surface area contributed by atoms with Gasteiger partial charge in [-0.15, -0.1) is 0 Å². The van der Waals surface area contributed by atoms with Gasteiger partial charge < -0.3 is 13.9 Å². The number of fused-ring (bicyclic) bond motifs is 1. The lowest BCUT2D eigenvalue weighted by Gasteiger charge is -2.24. The summed E-state index contributed by atoms with van der Waals surface area (Å²) in [4.78, 5) is 31.4. The van der Waals surface area contributed by atoms with E-state index < -0.39 is 12.0 Å². The number of carbonyl (C=O) groups excluding carboxylic acids is 1. The number of hydrogen-bond donors (Lipinski definition) is 0. The monoisotopic (exact) mass is 520 g/mol. The standard InChI is InChI=1S/C27H21ClN2O5S/c1-15-23(26(32)34-3)24(16-7-9-19(33-2)10-8-16)30-25(31)22(36-27(30)29-15)14-20-11-12-21(35-20)17-5-4-6-18(28)13-17/h4-14,24H,1-3H3/b22-14+/t24-/m1/s1. The van der Waals surface area contributed by atoms with Crippen molar-refractivity contribution < 1.29 is 18.7 Å². The minimum Gasteiger partial charge on any atom is -0.497 e. The lowest BCUT2D eigenvalue weighted by molar-refractivity contribution is -0.136. The Kier molecular flexibility index (Phi) is 6.38. The molecule has 0 unspecified atom stereocenters. The Hall–Kier alpha value is -3.88. The van der Waals surface area contributed by atoms with E-state index in [0.29, 0.717) is 42.9 Å². The second kappa shape index (κ2) is 9.64. The lowest BCUT2D eigenvalue weighted by Crippen LogP contribution is -2.39. The minimum absolute atomic E-state index is 0.283. The van der Waals surface area contributed by atoms with Crippen LogP contribution in [-0.2, 0) is 9.53 Å². The second-order valence-corrected chi connectivity index (χ2v) is 9.50. The van der Waals surface area contributed by atoms with Crippen molar-refractivity contribution in [2.24, 2.45) is 4.99 Å². The van der Waals surface area contributed by atoms with Gasteiger partial charge in [0.1, 0.15) is 17.3 Å². The molecule has 5 rings (SSSR count). The van der Waals surface area contributed by atoms with Crippen molar-refractivity contribution in [1.82, 2.24) is 4.57 Å². The molecule has 0 saturated carbocycles. The number of rotatable bonds is 5. The molecule has 0 amide bonds. The highest BCUT2D eigenvalue weighted by Crippen LogP contribution is 2.31. The van der Waals surface area contributed by atoms with Gasteiger partial charge in [0, 0.05) is 16.7 Å². The molecule has 36 heavy (non-hydrogen) atoms. The van der Waals surface area contributed by atoms with Crippen molar-refractivity contribution in [3.8, 4) is 17.1 Å². The van der Waals surface area contributed by atoms with Crippen LogP contribution in [0.15, 0.2) is 86.1 Å². The third kappa shape index (κ3) is 4.29. The number of benzene rings is 2. The smallest absolute Gasteiger partial charge is 0.338 e. The number of allylic oxidation sites excluding steroid dienone is 1. The van der Waals surface area contributed by atoms with E-state index in [0.717, 1.165) is 11.1 Å². The first-order valence-electron chi connectivity index (χ1n) is 11.0. The minimum atomic E-state index is -0.694. The predicted octanol–water partition coefficient (Wildman–Crippen LogP) is 4.33. The molecule has 2 aromatic heterocycles. The van der Waals surface area contributed by atoms with E-state index in [4.69, 9.17) is 25.5 Å². The molecule has 0 aliphatic carbocycles. The summed E-state index contributed by atoms with van der Waals surface area (Å²) in [5, 5.41) is 0.606. The fourth-order valence-electron chi connectivity index (χ4n) is 4.15. The van der Waals surface area contributed by atoms with Crippen molar-refractivity contribution in [3.63, 3.8) is 0 Å². The number of methoxy groups -OCH3 is 2. The maximum absolute atomic E-state index is 13.6. The number of hydrogen-bond acceptors (Lipinski definition) is 7. The molecule has 0 saturated heterocycles. The molecule has 1 aliphatic heterocycles. The van der Waals surface area contributed by atoms with Crippen LogP contribution in [0.25, 0.3) is 17.4 Å². The van der Waals surface area contributed by atoms with E-state index in [9.17, 15) is 9.59 Å². The summed E-state index contributed by atoms with van der Waals surface area (Å²) in [5.41, 5.74) is 2.09. The van der Waals surface area contributed by atoms with Crippen molar-refractivity contribution in [2.75, 3.05) is 14.2 Å². The highest BCUT2D eigenvalue weighted by atomic mass is 35.5. The molecule has 1 aliphatic rings. The SMILES string of the molecule is COC(=O)C1=C(C)N=c2s/c(=C/c3ccc(-c4cccc(Cl)c4)o3)c(=O)n2[C@@H]1c1ccc(OC)cc1. The summed E-state index contributed by atoms with van der Waals surface area (Å²) in [7, 11) is 2.89. The predicted molar refractivity (Wildman–Crippen MR) is 138 cm³/mol. The molecule has 2 aromatic carbocycles. The summed E-state index contributed by atoms with van der Waals surface area (Å²) >= 11 is 7.33. The highest BCUT2D eigenvalue weighted by molar-refractivity contribution is 7.07. The van der Waals surface area contributed by atoms with Crippen molar-refractivity contribution in [2.45, 2.75) is 13.0 Å². The van der Waals surface area contributed by atoms with Gasteiger partial charge in [0.15, 0.2) is 4.80 Å². The summed E-state index contributed by atoms with van der Waals surface area (Å²) in [5.74, 6) is 1.28. The van der Waals surface area contributed by atoms with Crippen molar-refractivity contribution >= 4 is 35.0 Å². The van der Waals surface area contributed by atoms with E-state index in [1.807, 2.05) is 36.4 Å². The average molecular weight is 521 g/mol. The van der Waals surface area contributed by atoms with Crippen LogP contribution in [0.5, 0.6) is 5.75 Å². The van der Waals surface area contributed by atoms with Crippen LogP contribution in [-0.4, -0.2) is 24.8 Å². The third-order valence-corrected chi connectivity index (χ3v) is 7.09.